The van der Waals surface area contributed by atoms with Gasteiger partial charge in [0.2, 0.25) is 0 Å². The predicted octanol–water partition coefficient (Wildman–Crippen LogP) is 2.32. The van der Waals surface area contributed by atoms with E-state index in [1.165, 1.54) is 6.20 Å². The molecule has 5 nitrogen and oxygen atoms in total. The molecular formula is C9H7BrClN3O2. The third kappa shape index (κ3) is 1.90. The molecule has 0 aromatic carbocycles. The molecule has 2 rings (SSSR count). The zero-order valence-corrected chi connectivity index (χ0v) is 10.6. The number of carbonyl (C=O) groups is 1. The van der Waals surface area contributed by atoms with Crippen LogP contribution in [0.1, 0.15) is 17.4 Å². The Hall–Kier alpha value is -1.14. The van der Waals surface area contributed by atoms with Crippen molar-refractivity contribution in [1.82, 2.24) is 14.4 Å². The Kier molecular flexibility index (Phi) is 3.11. The molecule has 0 aliphatic rings. The molecular weight excluding hydrogens is 297 g/mol. The van der Waals surface area contributed by atoms with Gasteiger partial charge in [-0.1, -0.05) is 11.6 Å². The fraction of sp³-hybridized carbons (Fsp3) is 0.222. The maximum atomic E-state index is 11.5. The largest absolute Gasteiger partial charge is 0.461 e. The molecule has 0 N–H and O–H groups in total. The molecule has 0 saturated carbocycles. The molecule has 0 amide bonds. The van der Waals surface area contributed by atoms with Gasteiger partial charge in [0.05, 0.1) is 12.8 Å². The molecule has 0 saturated heterocycles. The van der Waals surface area contributed by atoms with Crippen LogP contribution >= 0.6 is 27.5 Å². The Labute approximate surface area is 105 Å². The van der Waals surface area contributed by atoms with Crippen LogP contribution < -0.4 is 0 Å². The fourth-order valence-electron chi connectivity index (χ4n) is 1.23. The lowest BCUT2D eigenvalue weighted by Crippen LogP contribution is -2.05. The molecule has 0 spiro atoms. The molecule has 0 bridgehead atoms. The van der Waals surface area contributed by atoms with Crippen LogP contribution in [0.15, 0.2) is 17.0 Å². The van der Waals surface area contributed by atoms with E-state index in [-0.39, 0.29) is 5.69 Å². The molecule has 2 heterocycles. The first-order valence-corrected chi connectivity index (χ1v) is 5.66. The van der Waals surface area contributed by atoms with Gasteiger partial charge in [0.25, 0.3) is 0 Å². The summed E-state index contributed by atoms with van der Waals surface area (Å²) >= 11 is 9.01. The van der Waals surface area contributed by atoms with Crippen molar-refractivity contribution in [3.05, 3.63) is 27.8 Å². The van der Waals surface area contributed by atoms with Gasteiger partial charge in [-0.3, -0.25) is 4.40 Å². The van der Waals surface area contributed by atoms with Gasteiger partial charge in [0.1, 0.15) is 9.76 Å². The summed E-state index contributed by atoms with van der Waals surface area (Å²) in [6.07, 6.45) is 3.05. The number of carbonyl (C=O) groups excluding carboxylic acids is 1. The molecule has 0 atom stereocenters. The normalized spacial score (nSPS) is 10.7. The summed E-state index contributed by atoms with van der Waals surface area (Å²) in [5.74, 6) is -0.478. The average molecular weight is 305 g/mol. The quantitative estimate of drug-likeness (QED) is 0.799. The standard InChI is InChI=1S/C9H7BrClN3O2/c1-2-16-9(15)7-8(10)14-4-5(11)12-3-6(14)13-7/h3-4H,2H2,1H3. The van der Waals surface area contributed by atoms with Crippen molar-refractivity contribution in [2.24, 2.45) is 0 Å². The van der Waals surface area contributed by atoms with E-state index >= 15 is 0 Å². The lowest BCUT2D eigenvalue weighted by Gasteiger charge is -1.98. The Bertz CT molecular complexity index is 555. The van der Waals surface area contributed by atoms with Crippen molar-refractivity contribution in [2.75, 3.05) is 6.61 Å². The minimum Gasteiger partial charge on any atom is -0.461 e. The van der Waals surface area contributed by atoms with E-state index in [1.54, 1.807) is 17.5 Å². The van der Waals surface area contributed by atoms with E-state index in [4.69, 9.17) is 16.3 Å². The van der Waals surface area contributed by atoms with Crippen LogP contribution in [0.3, 0.4) is 0 Å². The van der Waals surface area contributed by atoms with E-state index in [0.29, 0.717) is 22.0 Å². The van der Waals surface area contributed by atoms with Crippen molar-refractivity contribution < 1.29 is 9.53 Å². The first-order chi connectivity index (χ1) is 7.63. The first kappa shape index (κ1) is 11.3. The van der Waals surface area contributed by atoms with Crippen LogP contribution in [-0.2, 0) is 4.74 Å². The molecule has 16 heavy (non-hydrogen) atoms. The molecule has 84 valence electrons. The third-order valence-corrected chi connectivity index (χ3v) is 2.84. The highest BCUT2D eigenvalue weighted by Crippen LogP contribution is 2.20. The molecule has 2 aromatic heterocycles. The van der Waals surface area contributed by atoms with Gasteiger partial charge in [-0.05, 0) is 22.9 Å². The van der Waals surface area contributed by atoms with Gasteiger partial charge in [-0.25, -0.2) is 14.8 Å². The lowest BCUT2D eigenvalue weighted by molar-refractivity contribution is 0.0519. The highest BCUT2D eigenvalue weighted by Gasteiger charge is 2.18. The molecule has 0 aliphatic heterocycles. The number of imidazole rings is 1. The number of hydrogen-bond donors (Lipinski definition) is 0. The SMILES string of the molecule is CCOC(=O)c1nc2cnc(Cl)cn2c1Br. The highest BCUT2D eigenvalue weighted by atomic mass is 79.9. The Morgan fingerprint density at radius 1 is 1.69 bits per heavy atom. The van der Waals surface area contributed by atoms with E-state index in [0.717, 1.165) is 0 Å². The number of rotatable bonds is 2. The number of hydrogen-bond acceptors (Lipinski definition) is 4. The van der Waals surface area contributed by atoms with E-state index in [2.05, 4.69) is 25.9 Å². The van der Waals surface area contributed by atoms with Crippen LogP contribution in [-0.4, -0.2) is 26.9 Å². The maximum absolute atomic E-state index is 11.5. The van der Waals surface area contributed by atoms with E-state index in [9.17, 15) is 4.79 Å². The topological polar surface area (TPSA) is 56.5 Å². The second-order valence-electron chi connectivity index (χ2n) is 2.91. The summed E-state index contributed by atoms with van der Waals surface area (Å²) in [5.41, 5.74) is 0.741. The Balaban J connectivity index is 2.56. The molecule has 0 fully saturated rings. The van der Waals surface area contributed by atoms with Crippen molar-refractivity contribution in [2.45, 2.75) is 6.92 Å². The third-order valence-electron chi connectivity index (χ3n) is 1.89. The van der Waals surface area contributed by atoms with E-state index in [1.807, 2.05) is 0 Å². The average Bonchev–Trinajstić information content (AvgIpc) is 2.57. The summed E-state index contributed by atoms with van der Waals surface area (Å²) in [6, 6.07) is 0. The van der Waals surface area contributed by atoms with Crippen LogP contribution in [0.25, 0.3) is 5.65 Å². The molecule has 2 aromatic rings. The number of esters is 1. The van der Waals surface area contributed by atoms with Crippen molar-refractivity contribution in [3.63, 3.8) is 0 Å². The molecule has 0 radical (unpaired) electrons. The first-order valence-electron chi connectivity index (χ1n) is 4.49. The number of halogens is 2. The van der Waals surface area contributed by atoms with Crippen LogP contribution in [0.2, 0.25) is 5.15 Å². The lowest BCUT2D eigenvalue weighted by atomic mass is 10.5. The summed E-state index contributed by atoms with van der Waals surface area (Å²) in [4.78, 5) is 19.5. The minimum absolute atomic E-state index is 0.214. The molecule has 0 aliphatic carbocycles. The summed E-state index contributed by atoms with van der Waals surface area (Å²) in [5, 5.41) is 0.320. The second kappa shape index (κ2) is 4.39. The predicted molar refractivity (Wildman–Crippen MR) is 61.7 cm³/mol. The monoisotopic (exact) mass is 303 g/mol. The van der Waals surface area contributed by atoms with Crippen molar-refractivity contribution in [1.29, 1.82) is 0 Å². The summed E-state index contributed by atoms with van der Waals surface area (Å²) in [6.45, 7) is 2.04. The number of nitrogens with zero attached hydrogens (tertiary/aromatic N) is 3. The van der Waals surface area contributed by atoms with Gasteiger partial charge in [-0.15, -0.1) is 0 Å². The molecule has 7 heteroatoms. The molecule has 0 unspecified atom stereocenters. The number of fused-ring (bicyclic) bond motifs is 1. The Morgan fingerprint density at radius 2 is 2.44 bits per heavy atom. The van der Waals surface area contributed by atoms with Crippen LogP contribution in [0, 0.1) is 0 Å². The summed E-state index contributed by atoms with van der Waals surface area (Å²) in [7, 11) is 0. The maximum Gasteiger partial charge on any atom is 0.359 e. The van der Waals surface area contributed by atoms with Gasteiger partial charge < -0.3 is 4.74 Å². The van der Waals surface area contributed by atoms with Gasteiger partial charge in [0, 0.05) is 6.20 Å². The van der Waals surface area contributed by atoms with Gasteiger partial charge >= 0.3 is 5.97 Å². The van der Waals surface area contributed by atoms with Gasteiger partial charge in [-0.2, -0.15) is 0 Å². The fourth-order valence-corrected chi connectivity index (χ4v) is 1.91. The summed E-state index contributed by atoms with van der Waals surface area (Å²) < 4.78 is 7.00. The smallest absolute Gasteiger partial charge is 0.359 e. The number of ether oxygens (including phenoxy) is 1. The van der Waals surface area contributed by atoms with Crippen LogP contribution in [0.5, 0.6) is 0 Å². The minimum atomic E-state index is -0.478. The second-order valence-corrected chi connectivity index (χ2v) is 4.05. The van der Waals surface area contributed by atoms with E-state index < -0.39 is 5.97 Å². The van der Waals surface area contributed by atoms with Crippen molar-refractivity contribution >= 4 is 39.1 Å². The van der Waals surface area contributed by atoms with Crippen molar-refractivity contribution in [3.8, 4) is 0 Å². The highest BCUT2D eigenvalue weighted by molar-refractivity contribution is 9.10. The van der Waals surface area contributed by atoms with Crippen LogP contribution in [0.4, 0.5) is 0 Å². The zero-order chi connectivity index (χ0) is 11.7. The zero-order valence-electron chi connectivity index (χ0n) is 8.28. The van der Waals surface area contributed by atoms with Gasteiger partial charge in [0.15, 0.2) is 11.3 Å². The number of aromatic nitrogens is 3. The Morgan fingerprint density at radius 3 is 3.12 bits per heavy atom.